The maximum absolute atomic E-state index is 13.3. The van der Waals surface area contributed by atoms with E-state index in [1.54, 1.807) is 30.5 Å². The predicted octanol–water partition coefficient (Wildman–Crippen LogP) is 3.09. The van der Waals surface area contributed by atoms with Crippen LogP contribution in [0.3, 0.4) is 0 Å². The van der Waals surface area contributed by atoms with Crippen LogP contribution in [0, 0.1) is 17.5 Å². The van der Waals surface area contributed by atoms with Crippen molar-refractivity contribution in [2.75, 3.05) is 6.54 Å². The molecule has 0 aliphatic heterocycles. The number of imidazole rings is 1. The molecule has 1 amide bonds. The molecule has 31 heavy (non-hydrogen) atoms. The second kappa shape index (κ2) is 8.47. The average Bonchev–Trinajstić information content (AvgIpc) is 3.00. The first-order valence-corrected chi connectivity index (χ1v) is 9.45. The molecule has 1 N–H and O–H groups in total. The summed E-state index contributed by atoms with van der Waals surface area (Å²) >= 11 is 0. The minimum absolute atomic E-state index is 0.0448. The van der Waals surface area contributed by atoms with Crippen molar-refractivity contribution in [3.63, 3.8) is 0 Å². The molecule has 0 saturated heterocycles. The number of nitrogens with one attached hydrogen (secondary N) is 1. The smallest absolute Gasteiger partial charge is 0.330 e. The molecule has 0 spiro atoms. The summed E-state index contributed by atoms with van der Waals surface area (Å²) < 4.78 is 42.7. The van der Waals surface area contributed by atoms with Gasteiger partial charge in [-0.3, -0.25) is 13.9 Å². The number of pyridine rings is 1. The monoisotopic (exact) mass is 426 g/mol. The first-order valence-electron chi connectivity index (χ1n) is 9.45. The largest absolute Gasteiger partial charge is 0.350 e. The second-order valence-electron chi connectivity index (χ2n) is 6.91. The molecule has 4 rings (SSSR count). The first-order chi connectivity index (χ1) is 14.9. The summed E-state index contributed by atoms with van der Waals surface area (Å²) in [5.74, 6) is -2.73. The van der Waals surface area contributed by atoms with Crippen LogP contribution in [0.5, 0.6) is 0 Å². The summed E-state index contributed by atoms with van der Waals surface area (Å²) in [7, 11) is 0. The molecule has 0 saturated carbocycles. The van der Waals surface area contributed by atoms with Crippen molar-refractivity contribution in [2.45, 2.75) is 13.1 Å². The van der Waals surface area contributed by atoms with E-state index in [1.807, 2.05) is 0 Å². The van der Waals surface area contributed by atoms with E-state index in [1.165, 1.54) is 21.3 Å². The summed E-state index contributed by atoms with van der Waals surface area (Å²) in [6.07, 6.45) is 1.55. The van der Waals surface area contributed by atoms with Crippen molar-refractivity contribution in [1.82, 2.24) is 19.4 Å². The number of rotatable bonds is 6. The van der Waals surface area contributed by atoms with Crippen LogP contribution in [-0.2, 0) is 13.1 Å². The molecule has 0 aliphatic rings. The van der Waals surface area contributed by atoms with Crippen molar-refractivity contribution in [3.8, 4) is 0 Å². The van der Waals surface area contributed by atoms with E-state index < -0.39 is 17.5 Å². The lowest BCUT2D eigenvalue weighted by atomic mass is 10.2. The minimum Gasteiger partial charge on any atom is -0.350 e. The normalized spacial score (nSPS) is 11.1. The molecule has 2 aromatic heterocycles. The Morgan fingerprint density at radius 3 is 2.35 bits per heavy atom. The van der Waals surface area contributed by atoms with Gasteiger partial charge >= 0.3 is 5.69 Å². The maximum atomic E-state index is 13.3. The fourth-order valence-electron chi connectivity index (χ4n) is 3.34. The molecule has 0 aliphatic carbocycles. The quantitative estimate of drug-likeness (QED) is 0.515. The van der Waals surface area contributed by atoms with Crippen LogP contribution in [0.25, 0.3) is 11.2 Å². The van der Waals surface area contributed by atoms with Gasteiger partial charge in [0, 0.05) is 30.9 Å². The van der Waals surface area contributed by atoms with Crippen LogP contribution in [0.1, 0.15) is 15.9 Å². The van der Waals surface area contributed by atoms with Crippen molar-refractivity contribution in [2.24, 2.45) is 0 Å². The standard InChI is InChI=1S/C22H17F3N4O2/c23-16-5-3-14(4-6-16)13-29-19-2-1-7-26-20(19)28(22(29)31)9-8-27-21(30)15-10-17(24)12-18(25)11-15/h1-7,10-12H,8-9,13H2,(H,27,30). The molecule has 0 unspecified atom stereocenters. The van der Waals surface area contributed by atoms with Crippen molar-refractivity contribution in [1.29, 1.82) is 0 Å². The summed E-state index contributed by atoms with van der Waals surface area (Å²) in [5, 5.41) is 2.55. The van der Waals surface area contributed by atoms with Gasteiger partial charge in [-0.1, -0.05) is 12.1 Å². The number of carbonyl (C=O) groups excluding carboxylic acids is 1. The zero-order chi connectivity index (χ0) is 22.0. The zero-order valence-electron chi connectivity index (χ0n) is 16.2. The molecule has 2 aromatic carbocycles. The van der Waals surface area contributed by atoms with Crippen LogP contribution >= 0.6 is 0 Å². The molecule has 0 bridgehead atoms. The van der Waals surface area contributed by atoms with Crippen molar-refractivity contribution >= 4 is 17.1 Å². The van der Waals surface area contributed by atoms with Crippen LogP contribution < -0.4 is 11.0 Å². The molecule has 0 radical (unpaired) electrons. The summed E-state index contributed by atoms with van der Waals surface area (Å²) in [6.45, 7) is 0.374. The average molecular weight is 426 g/mol. The van der Waals surface area contributed by atoms with Gasteiger partial charge in [-0.2, -0.15) is 0 Å². The fraction of sp³-hybridized carbons (Fsp3) is 0.136. The van der Waals surface area contributed by atoms with E-state index >= 15 is 0 Å². The van der Waals surface area contributed by atoms with Gasteiger partial charge < -0.3 is 5.32 Å². The number of nitrogens with zero attached hydrogens (tertiary/aromatic N) is 3. The fourth-order valence-corrected chi connectivity index (χ4v) is 3.34. The van der Waals surface area contributed by atoms with Gasteiger partial charge in [0.1, 0.15) is 17.5 Å². The molecule has 0 atom stereocenters. The van der Waals surface area contributed by atoms with Gasteiger partial charge in [0.25, 0.3) is 5.91 Å². The number of halogens is 3. The SMILES string of the molecule is O=C(NCCn1c(=O)n(Cc2ccc(F)cc2)c2cccnc21)c1cc(F)cc(F)c1. The third-order valence-corrected chi connectivity index (χ3v) is 4.77. The lowest BCUT2D eigenvalue weighted by Crippen LogP contribution is -2.32. The van der Waals surface area contributed by atoms with Gasteiger partial charge in [-0.05, 0) is 42.0 Å². The summed E-state index contributed by atoms with van der Waals surface area (Å²) in [6, 6.07) is 11.8. The van der Waals surface area contributed by atoms with Gasteiger partial charge in [0.2, 0.25) is 0 Å². The number of hydrogen-bond acceptors (Lipinski definition) is 3. The zero-order valence-corrected chi connectivity index (χ0v) is 16.2. The van der Waals surface area contributed by atoms with Gasteiger partial charge in [0.15, 0.2) is 5.65 Å². The van der Waals surface area contributed by atoms with Crippen LogP contribution in [0.4, 0.5) is 13.2 Å². The molecule has 9 heteroatoms. The van der Waals surface area contributed by atoms with E-state index in [4.69, 9.17) is 0 Å². The van der Waals surface area contributed by atoms with Crippen LogP contribution in [-0.4, -0.2) is 26.6 Å². The summed E-state index contributed by atoms with van der Waals surface area (Å²) in [5.41, 5.74) is 1.27. The number of carbonyl (C=O) groups is 1. The topological polar surface area (TPSA) is 68.9 Å². The molecule has 2 heterocycles. The number of benzene rings is 2. The van der Waals surface area contributed by atoms with Crippen molar-refractivity contribution in [3.05, 3.63) is 99.9 Å². The Morgan fingerprint density at radius 2 is 1.65 bits per heavy atom. The number of fused-ring (bicyclic) bond motifs is 1. The molecular weight excluding hydrogens is 409 g/mol. The predicted molar refractivity (Wildman–Crippen MR) is 108 cm³/mol. The highest BCUT2D eigenvalue weighted by Gasteiger charge is 2.15. The van der Waals surface area contributed by atoms with Gasteiger partial charge in [-0.15, -0.1) is 0 Å². The first kappa shape index (κ1) is 20.4. The van der Waals surface area contributed by atoms with E-state index in [2.05, 4.69) is 10.3 Å². The van der Waals surface area contributed by atoms with Crippen molar-refractivity contribution < 1.29 is 18.0 Å². The van der Waals surface area contributed by atoms with E-state index in [9.17, 15) is 22.8 Å². The second-order valence-corrected chi connectivity index (χ2v) is 6.91. The van der Waals surface area contributed by atoms with Gasteiger partial charge in [0.05, 0.1) is 12.1 Å². The molecule has 6 nitrogen and oxygen atoms in total. The van der Waals surface area contributed by atoms with Gasteiger partial charge in [-0.25, -0.2) is 22.9 Å². The Morgan fingerprint density at radius 1 is 0.935 bits per heavy atom. The maximum Gasteiger partial charge on any atom is 0.330 e. The van der Waals surface area contributed by atoms with E-state index in [-0.39, 0.29) is 36.7 Å². The molecule has 0 fully saturated rings. The van der Waals surface area contributed by atoms with Crippen LogP contribution in [0.2, 0.25) is 0 Å². The molecular formula is C22H17F3N4O2. The van der Waals surface area contributed by atoms with Crippen LogP contribution in [0.15, 0.2) is 65.6 Å². The highest BCUT2D eigenvalue weighted by Crippen LogP contribution is 2.13. The number of aromatic nitrogens is 3. The molecule has 158 valence electrons. The number of hydrogen-bond donors (Lipinski definition) is 1. The Labute approximate surface area is 174 Å². The lowest BCUT2D eigenvalue weighted by molar-refractivity contribution is 0.0951. The highest BCUT2D eigenvalue weighted by atomic mass is 19.1. The third-order valence-electron chi connectivity index (χ3n) is 4.77. The van der Waals surface area contributed by atoms with E-state index in [0.29, 0.717) is 17.2 Å². The minimum atomic E-state index is -0.852. The Hall–Kier alpha value is -3.88. The Kier molecular flexibility index (Phi) is 5.57. The highest BCUT2D eigenvalue weighted by molar-refractivity contribution is 5.94. The van der Waals surface area contributed by atoms with E-state index in [0.717, 1.165) is 17.7 Å². The Balaban J connectivity index is 1.55. The lowest BCUT2D eigenvalue weighted by Gasteiger charge is -2.07. The Bertz CT molecular complexity index is 1290. The third kappa shape index (κ3) is 4.35. The molecule has 4 aromatic rings. The number of amides is 1. The summed E-state index contributed by atoms with van der Waals surface area (Å²) in [4.78, 5) is 29.4.